The molecule has 1 aliphatic carbocycles. The van der Waals surface area contributed by atoms with Crippen molar-refractivity contribution in [2.45, 2.75) is 0 Å². The highest BCUT2D eigenvalue weighted by Crippen LogP contribution is 2.30. The fraction of sp³-hybridized carbons (Fsp3) is 0.0952. The molecule has 3 aromatic rings. The number of hydrogen-bond acceptors (Lipinski definition) is 5. The number of Topliss-reactive ketones (excluding diaryl/α,β-unsaturated/α-hetero) is 1. The Morgan fingerprint density at radius 1 is 1.00 bits per heavy atom. The van der Waals surface area contributed by atoms with Gasteiger partial charge in [-0.05, 0) is 29.7 Å². The molecule has 2 N–H and O–H groups in total. The summed E-state index contributed by atoms with van der Waals surface area (Å²) < 4.78 is 5.09. The van der Waals surface area contributed by atoms with E-state index in [1.807, 2.05) is 42.5 Å². The molecule has 134 valence electrons. The molecule has 0 saturated heterocycles. The van der Waals surface area contributed by atoms with E-state index >= 15 is 0 Å². The molecular weight excluding hydrogens is 342 g/mol. The molecule has 6 nitrogen and oxygen atoms in total. The van der Waals surface area contributed by atoms with Crippen molar-refractivity contribution in [2.24, 2.45) is 5.10 Å². The summed E-state index contributed by atoms with van der Waals surface area (Å²) in [6.45, 7) is 0.0362. The zero-order valence-electron chi connectivity index (χ0n) is 14.7. The lowest BCUT2D eigenvalue weighted by molar-refractivity contribution is -0.119. The largest absolute Gasteiger partial charge is 0.497 e. The molecule has 27 heavy (non-hydrogen) atoms. The Hall–Kier alpha value is -3.67. The first-order chi connectivity index (χ1) is 13.2. The number of anilines is 1. The predicted octanol–water partition coefficient (Wildman–Crippen LogP) is 2.98. The quantitative estimate of drug-likeness (QED) is 0.687. The Balaban J connectivity index is 1.46. The number of hydrazone groups is 1. The number of amides is 1. The maximum absolute atomic E-state index is 12.6. The SMILES string of the molecule is COc1ccc(NCC(=O)N/N=C2\C(=O)c3cccc4cccc2c34)cc1. The highest BCUT2D eigenvalue weighted by atomic mass is 16.5. The third kappa shape index (κ3) is 3.13. The second kappa shape index (κ2) is 6.92. The number of carbonyl (C=O) groups excluding carboxylic acids is 2. The lowest BCUT2D eigenvalue weighted by Crippen LogP contribution is -2.28. The topological polar surface area (TPSA) is 79.8 Å². The van der Waals surface area contributed by atoms with Gasteiger partial charge in [0.25, 0.3) is 5.91 Å². The Morgan fingerprint density at radius 3 is 2.41 bits per heavy atom. The second-order valence-electron chi connectivity index (χ2n) is 6.12. The van der Waals surface area contributed by atoms with E-state index in [4.69, 9.17) is 4.74 Å². The van der Waals surface area contributed by atoms with Crippen LogP contribution in [0.3, 0.4) is 0 Å². The molecule has 0 aromatic heterocycles. The van der Waals surface area contributed by atoms with Crippen LogP contribution in [0.5, 0.6) is 5.75 Å². The minimum absolute atomic E-state index is 0.0362. The molecule has 4 rings (SSSR count). The van der Waals surface area contributed by atoms with Crippen LogP contribution in [0.4, 0.5) is 5.69 Å². The van der Waals surface area contributed by atoms with E-state index in [9.17, 15) is 9.59 Å². The highest BCUT2D eigenvalue weighted by molar-refractivity contribution is 6.59. The second-order valence-corrected chi connectivity index (χ2v) is 6.12. The number of ether oxygens (including phenoxy) is 1. The van der Waals surface area contributed by atoms with Crippen LogP contribution in [0, 0.1) is 0 Å². The molecule has 0 radical (unpaired) electrons. The number of benzene rings is 3. The molecule has 0 heterocycles. The van der Waals surface area contributed by atoms with E-state index in [0.717, 1.165) is 27.8 Å². The average molecular weight is 359 g/mol. The van der Waals surface area contributed by atoms with Crippen LogP contribution < -0.4 is 15.5 Å². The van der Waals surface area contributed by atoms with E-state index in [-0.39, 0.29) is 23.9 Å². The average Bonchev–Trinajstić information content (AvgIpc) is 2.99. The smallest absolute Gasteiger partial charge is 0.259 e. The first-order valence-electron chi connectivity index (χ1n) is 8.48. The molecule has 1 amide bonds. The molecule has 1 aliphatic rings. The molecule has 0 aliphatic heterocycles. The number of nitrogens with zero attached hydrogens (tertiary/aromatic N) is 1. The van der Waals surface area contributed by atoms with Crippen LogP contribution in [0.1, 0.15) is 15.9 Å². The summed E-state index contributed by atoms with van der Waals surface area (Å²) >= 11 is 0. The Bertz CT molecular complexity index is 1070. The molecule has 0 saturated carbocycles. The van der Waals surface area contributed by atoms with E-state index in [1.165, 1.54) is 0 Å². The maximum Gasteiger partial charge on any atom is 0.259 e. The number of rotatable bonds is 5. The highest BCUT2D eigenvalue weighted by Gasteiger charge is 2.28. The van der Waals surface area contributed by atoms with Crippen LogP contribution in [0.25, 0.3) is 10.8 Å². The van der Waals surface area contributed by atoms with Crippen molar-refractivity contribution in [3.05, 3.63) is 71.8 Å². The summed E-state index contributed by atoms with van der Waals surface area (Å²) in [4.78, 5) is 24.7. The zero-order valence-corrected chi connectivity index (χ0v) is 14.7. The van der Waals surface area contributed by atoms with E-state index < -0.39 is 0 Å². The van der Waals surface area contributed by atoms with Gasteiger partial charge in [0.15, 0.2) is 0 Å². The summed E-state index contributed by atoms with van der Waals surface area (Å²) in [5.74, 6) is 0.226. The molecule has 0 spiro atoms. The number of methoxy groups -OCH3 is 1. The summed E-state index contributed by atoms with van der Waals surface area (Å²) in [6, 6.07) is 18.5. The minimum Gasteiger partial charge on any atom is -0.497 e. The van der Waals surface area contributed by atoms with Gasteiger partial charge in [-0.25, -0.2) is 5.43 Å². The fourth-order valence-corrected chi connectivity index (χ4v) is 3.14. The van der Waals surface area contributed by atoms with Gasteiger partial charge in [0, 0.05) is 22.2 Å². The molecule has 0 fully saturated rings. The summed E-state index contributed by atoms with van der Waals surface area (Å²) in [5, 5.41) is 8.95. The standard InChI is InChI=1S/C21H17N3O3/c1-27-15-10-8-14(9-11-15)22-12-18(25)23-24-20-16-6-2-4-13-5-3-7-17(19(13)16)21(20)26/h2-11,22H,12H2,1H3,(H,23,25)/b24-20-. The Morgan fingerprint density at radius 2 is 1.70 bits per heavy atom. The van der Waals surface area contributed by atoms with Crippen molar-refractivity contribution in [1.82, 2.24) is 5.43 Å². The Labute approximate surface area is 155 Å². The molecule has 3 aromatic carbocycles. The van der Waals surface area contributed by atoms with Gasteiger partial charge in [0.1, 0.15) is 11.5 Å². The first kappa shape index (κ1) is 16.8. The summed E-state index contributed by atoms with van der Waals surface area (Å²) in [7, 11) is 1.60. The van der Waals surface area contributed by atoms with Crippen molar-refractivity contribution in [2.75, 3.05) is 19.0 Å². The Kier molecular flexibility index (Phi) is 4.30. The van der Waals surface area contributed by atoms with Crippen molar-refractivity contribution in [3.8, 4) is 5.75 Å². The van der Waals surface area contributed by atoms with Crippen molar-refractivity contribution in [1.29, 1.82) is 0 Å². The summed E-state index contributed by atoms with van der Waals surface area (Å²) in [6.07, 6.45) is 0. The molecular formula is C21H17N3O3. The van der Waals surface area contributed by atoms with Crippen molar-refractivity contribution < 1.29 is 14.3 Å². The van der Waals surface area contributed by atoms with Gasteiger partial charge in [0.05, 0.1) is 13.7 Å². The number of carbonyl (C=O) groups is 2. The van der Waals surface area contributed by atoms with Gasteiger partial charge in [-0.2, -0.15) is 5.10 Å². The van der Waals surface area contributed by atoms with Gasteiger partial charge in [-0.3, -0.25) is 9.59 Å². The number of hydrogen-bond donors (Lipinski definition) is 2. The third-order valence-corrected chi connectivity index (χ3v) is 4.46. The van der Waals surface area contributed by atoms with Crippen LogP contribution >= 0.6 is 0 Å². The van der Waals surface area contributed by atoms with Gasteiger partial charge in [-0.1, -0.05) is 36.4 Å². The number of ketones is 1. The van der Waals surface area contributed by atoms with E-state index in [0.29, 0.717) is 5.56 Å². The molecule has 0 unspecified atom stereocenters. The van der Waals surface area contributed by atoms with Crippen molar-refractivity contribution in [3.63, 3.8) is 0 Å². The predicted molar refractivity (Wildman–Crippen MR) is 104 cm³/mol. The normalized spacial score (nSPS) is 13.8. The molecule has 6 heteroatoms. The zero-order chi connectivity index (χ0) is 18.8. The van der Waals surface area contributed by atoms with Crippen LogP contribution in [-0.2, 0) is 4.79 Å². The monoisotopic (exact) mass is 359 g/mol. The van der Waals surface area contributed by atoms with Gasteiger partial charge in [0.2, 0.25) is 5.78 Å². The van der Waals surface area contributed by atoms with Crippen LogP contribution in [-0.4, -0.2) is 31.1 Å². The lowest BCUT2D eigenvalue weighted by Gasteiger charge is -2.06. The maximum atomic E-state index is 12.6. The van der Waals surface area contributed by atoms with Gasteiger partial charge < -0.3 is 10.1 Å². The van der Waals surface area contributed by atoms with Crippen molar-refractivity contribution >= 4 is 33.9 Å². The van der Waals surface area contributed by atoms with E-state index in [2.05, 4.69) is 15.8 Å². The van der Waals surface area contributed by atoms with Gasteiger partial charge in [-0.15, -0.1) is 0 Å². The minimum atomic E-state index is -0.339. The van der Waals surface area contributed by atoms with Crippen LogP contribution in [0.2, 0.25) is 0 Å². The third-order valence-electron chi connectivity index (χ3n) is 4.46. The van der Waals surface area contributed by atoms with E-state index in [1.54, 1.807) is 25.3 Å². The van der Waals surface area contributed by atoms with Crippen LogP contribution in [0.15, 0.2) is 65.8 Å². The molecule has 0 bridgehead atoms. The lowest BCUT2D eigenvalue weighted by atomic mass is 10.1. The first-order valence-corrected chi connectivity index (χ1v) is 8.48. The molecule has 0 atom stereocenters. The van der Waals surface area contributed by atoms with Gasteiger partial charge >= 0.3 is 0 Å². The number of nitrogens with one attached hydrogen (secondary N) is 2. The summed E-state index contributed by atoms with van der Waals surface area (Å²) in [5.41, 5.74) is 4.88. The fourth-order valence-electron chi connectivity index (χ4n) is 3.14.